The van der Waals surface area contributed by atoms with Crippen molar-refractivity contribution in [3.05, 3.63) is 75.4 Å². The molecular weight excluding hydrogens is 386 g/mol. The van der Waals surface area contributed by atoms with Crippen LogP contribution in [-0.2, 0) is 5.75 Å². The lowest BCUT2D eigenvalue weighted by atomic mass is 10.2. The fourth-order valence-electron chi connectivity index (χ4n) is 3.24. The molecule has 0 saturated heterocycles. The molecule has 0 atom stereocenters. The smallest absolute Gasteiger partial charge is 0.266 e. The number of benzene rings is 2. The predicted octanol–water partition coefficient (Wildman–Crippen LogP) is 4.60. The van der Waals surface area contributed by atoms with Gasteiger partial charge in [0.15, 0.2) is 5.16 Å². The van der Waals surface area contributed by atoms with Gasteiger partial charge >= 0.3 is 0 Å². The van der Waals surface area contributed by atoms with Crippen LogP contribution in [0.5, 0.6) is 5.75 Å². The summed E-state index contributed by atoms with van der Waals surface area (Å²) in [6, 6.07) is 13.2. The largest absolute Gasteiger partial charge is 0.495 e. The first-order valence-corrected chi connectivity index (χ1v) is 10.2. The first-order valence-electron chi connectivity index (χ1n) is 9.21. The van der Waals surface area contributed by atoms with Gasteiger partial charge in [0.05, 0.1) is 29.4 Å². The van der Waals surface area contributed by atoms with Crippen molar-refractivity contribution >= 4 is 22.7 Å². The molecule has 0 bridgehead atoms. The van der Waals surface area contributed by atoms with Gasteiger partial charge in [-0.15, -0.1) is 0 Å². The Morgan fingerprint density at radius 3 is 2.66 bits per heavy atom. The number of aryl methyl sites for hydroxylation is 3. The van der Waals surface area contributed by atoms with E-state index >= 15 is 0 Å². The van der Waals surface area contributed by atoms with Crippen LogP contribution >= 0.6 is 11.8 Å². The molecule has 0 fully saturated rings. The molecule has 4 aromatic rings. The van der Waals surface area contributed by atoms with Gasteiger partial charge in [-0.2, -0.15) is 0 Å². The molecule has 4 rings (SSSR count). The van der Waals surface area contributed by atoms with Crippen LogP contribution in [0.15, 0.2) is 56.9 Å². The molecule has 0 saturated carbocycles. The molecule has 0 spiro atoms. The molecule has 0 radical (unpaired) electrons. The second kappa shape index (κ2) is 7.75. The van der Waals surface area contributed by atoms with E-state index in [0.717, 1.165) is 22.6 Å². The van der Waals surface area contributed by atoms with Crippen LogP contribution in [0.4, 0.5) is 0 Å². The lowest BCUT2D eigenvalue weighted by molar-refractivity contribution is 0.392. The Balaban J connectivity index is 1.92. The van der Waals surface area contributed by atoms with E-state index in [-0.39, 0.29) is 5.56 Å². The van der Waals surface area contributed by atoms with E-state index in [4.69, 9.17) is 14.2 Å². The SMILES string of the molecule is COc1ccc(C)cc1-n1c(SCc2c(C)noc2C)nc2ccccc2c1=O. The molecule has 0 aliphatic rings. The van der Waals surface area contributed by atoms with Gasteiger partial charge in [0.25, 0.3) is 5.56 Å². The number of hydrogen-bond acceptors (Lipinski definition) is 6. The standard InChI is InChI=1S/C22H21N3O3S/c1-13-9-10-20(27-4)19(11-13)25-21(26)16-7-5-6-8-18(16)23-22(25)29-12-17-14(2)24-28-15(17)3/h5-11H,12H2,1-4H3. The molecule has 2 aromatic carbocycles. The van der Waals surface area contributed by atoms with Crippen molar-refractivity contribution in [3.8, 4) is 11.4 Å². The molecule has 2 aromatic heterocycles. The third-order valence-electron chi connectivity index (χ3n) is 4.85. The van der Waals surface area contributed by atoms with Crippen molar-refractivity contribution in [2.24, 2.45) is 0 Å². The van der Waals surface area contributed by atoms with Crippen molar-refractivity contribution in [2.45, 2.75) is 31.7 Å². The molecule has 0 aliphatic carbocycles. The fourth-order valence-corrected chi connectivity index (χ4v) is 4.40. The highest BCUT2D eigenvalue weighted by Gasteiger charge is 2.18. The minimum absolute atomic E-state index is 0.124. The Labute approximate surface area is 172 Å². The average Bonchev–Trinajstić information content (AvgIpc) is 3.04. The first kappa shape index (κ1) is 19.3. The lowest BCUT2D eigenvalue weighted by Gasteiger charge is -2.16. The maximum Gasteiger partial charge on any atom is 0.266 e. The summed E-state index contributed by atoms with van der Waals surface area (Å²) in [5.41, 5.74) is 4.11. The number of rotatable bonds is 5. The van der Waals surface area contributed by atoms with Gasteiger partial charge in [0.2, 0.25) is 0 Å². The average molecular weight is 407 g/mol. The number of fused-ring (bicyclic) bond motifs is 1. The molecule has 0 unspecified atom stereocenters. The van der Waals surface area contributed by atoms with Crippen molar-refractivity contribution in [1.82, 2.24) is 14.7 Å². The summed E-state index contributed by atoms with van der Waals surface area (Å²) in [5.74, 6) is 1.99. The summed E-state index contributed by atoms with van der Waals surface area (Å²) in [6.45, 7) is 5.79. The highest BCUT2D eigenvalue weighted by molar-refractivity contribution is 7.98. The van der Waals surface area contributed by atoms with Gasteiger partial charge in [0.1, 0.15) is 11.5 Å². The molecule has 29 heavy (non-hydrogen) atoms. The Kier molecular flexibility index (Phi) is 5.15. The molecule has 0 amide bonds. The molecule has 2 heterocycles. The zero-order valence-electron chi connectivity index (χ0n) is 16.7. The second-order valence-corrected chi connectivity index (χ2v) is 7.76. The van der Waals surface area contributed by atoms with Crippen LogP contribution in [0.2, 0.25) is 0 Å². The summed E-state index contributed by atoms with van der Waals surface area (Å²) in [5, 5.41) is 5.18. The zero-order valence-corrected chi connectivity index (χ0v) is 17.5. The summed E-state index contributed by atoms with van der Waals surface area (Å²) >= 11 is 1.48. The van der Waals surface area contributed by atoms with Gasteiger partial charge < -0.3 is 9.26 Å². The third-order valence-corrected chi connectivity index (χ3v) is 5.81. The van der Waals surface area contributed by atoms with Crippen molar-refractivity contribution in [3.63, 3.8) is 0 Å². The van der Waals surface area contributed by atoms with E-state index in [1.807, 2.05) is 57.2 Å². The van der Waals surface area contributed by atoms with Gasteiger partial charge in [-0.3, -0.25) is 9.36 Å². The number of ether oxygens (including phenoxy) is 1. The van der Waals surface area contributed by atoms with Gasteiger partial charge in [0, 0.05) is 11.3 Å². The van der Waals surface area contributed by atoms with Gasteiger partial charge in [-0.25, -0.2) is 4.98 Å². The molecule has 0 aliphatic heterocycles. The Morgan fingerprint density at radius 1 is 1.14 bits per heavy atom. The van der Waals surface area contributed by atoms with Gasteiger partial charge in [-0.05, 0) is 50.6 Å². The Morgan fingerprint density at radius 2 is 1.93 bits per heavy atom. The van der Waals surface area contributed by atoms with E-state index in [9.17, 15) is 4.79 Å². The maximum absolute atomic E-state index is 13.4. The minimum atomic E-state index is -0.124. The van der Waals surface area contributed by atoms with E-state index in [0.29, 0.717) is 33.2 Å². The van der Waals surface area contributed by atoms with Crippen molar-refractivity contribution < 1.29 is 9.26 Å². The Bertz CT molecular complexity index is 1240. The van der Waals surface area contributed by atoms with Crippen LogP contribution in [0.3, 0.4) is 0 Å². The maximum atomic E-state index is 13.4. The third kappa shape index (κ3) is 3.53. The molecule has 6 nitrogen and oxygen atoms in total. The zero-order chi connectivity index (χ0) is 20.5. The van der Waals surface area contributed by atoms with Crippen LogP contribution in [-0.4, -0.2) is 21.8 Å². The molecule has 0 N–H and O–H groups in total. The number of para-hydroxylation sites is 1. The van der Waals surface area contributed by atoms with Crippen molar-refractivity contribution in [1.29, 1.82) is 0 Å². The van der Waals surface area contributed by atoms with E-state index in [1.54, 1.807) is 17.7 Å². The van der Waals surface area contributed by atoms with Gasteiger partial charge in [-0.1, -0.05) is 35.1 Å². The van der Waals surface area contributed by atoms with E-state index in [2.05, 4.69) is 5.16 Å². The lowest BCUT2D eigenvalue weighted by Crippen LogP contribution is -2.22. The molecule has 148 valence electrons. The topological polar surface area (TPSA) is 70.2 Å². The summed E-state index contributed by atoms with van der Waals surface area (Å²) in [6.07, 6.45) is 0. The Hall–Kier alpha value is -3.06. The monoisotopic (exact) mass is 407 g/mol. The molecular formula is C22H21N3O3S. The second-order valence-electron chi connectivity index (χ2n) is 6.82. The van der Waals surface area contributed by atoms with Crippen LogP contribution in [0.1, 0.15) is 22.6 Å². The number of hydrogen-bond donors (Lipinski definition) is 0. The number of thioether (sulfide) groups is 1. The number of nitrogens with zero attached hydrogens (tertiary/aromatic N) is 3. The highest BCUT2D eigenvalue weighted by Crippen LogP contribution is 2.30. The van der Waals surface area contributed by atoms with Crippen LogP contribution in [0, 0.1) is 20.8 Å². The van der Waals surface area contributed by atoms with E-state index in [1.165, 1.54) is 11.8 Å². The van der Waals surface area contributed by atoms with Crippen molar-refractivity contribution in [2.75, 3.05) is 7.11 Å². The van der Waals surface area contributed by atoms with Crippen LogP contribution in [0.25, 0.3) is 16.6 Å². The van der Waals surface area contributed by atoms with E-state index < -0.39 is 0 Å². The number of methoxy groups -OCH3 is 1. The first-order chi connectivity index (χ1) is 14.0. The normalized spacial score (nSPS) is 11.2. The summed E-state index contributed by atoms with van der Waals surface area (Å²) < 4.78 is 12.5. The fraction of sp³-hybridized carbons (Fsp3) is 0.227. The number of aromatic nitrogens is 3. The summed E-state index contributed by atoms with van der Waals surface area (Å²) in [7, 11) is 1.60. The van der Waals surface area contributed by atoms with Crippen LogP contribution < -0.4 is 10.3 Å². The summed E-state index contributed by atoms with van der Waals surface area (Å²) in [4.78, 5) is 18.2. The quantitative estimate of drug-likeness (QED) is 0.356. The highest BCUT2D eigenvalue weighted by atomic mass is 32.2. The molecule has 7 heteroatoms. The minimum Gasteiger partial charge on any atom is -0.495 e. The predicted molar refractivity (Wildman–Crippen MR) is 114 cm³/mol.